The van der Waals surface area contributed by atoms with Crippen molar-refractivity contribution in [3.8, 4) is 5.75 Å². The van der Waals surface area contributed by atoms with E-state index in [-0.39, 0.29) is 25.0 Å². The second kappa shape index (κ2) is 10.3. The summed E-state index contributed by atoms with van der Waals surface area (Å²) in [7, 11) is 1.54. The summed E-state index contributed by atoms with van der Waals surface area (Å²) in [6.45, 7) is 3.66. The first-order valence-corrected chi connectivity index (χ1v) is 9.77. The van der Waals surface area contributed by atoms with Gasteiger partial charge in [0, 0.05) is 29.2 Å². The molecule has 0 heterocycles. The van der Waals surface area contributed by atoms with Crippen molar-refractivity contribution in [2.45, 2.75) is 32.9 Å². The maximum Gasteiger partial charge on any atom is 0.261 e. The number of nitrogens with one attached hydrogen (secondary N) is 1. The Labute approximate surface area is 175 Å². The first kappa shape index (κ1) is 22.1. The van der Waals surface area contributed by atoms with Crippen molar-refractivity contribution in [2.24, 2.45) is 0 Å². The number of nitrogens with zero attached hydrogens (tertiary/aromatic N) is 1. The van der Waals surface area contributed by atoms with Crippen LogP contribution in [0.1, 0.15) is 24.5 Å². The molecule has 0 saturated heterocycles. The maximum atomic E-state index is 13.0. The third-order valence-corrected chi connectivity index (χ3v) is 5.18. The summed E-state index contributed by atoms with van der Waals surface area (Å²) >= 11 is 12.6. The van der Waals surface area contributed by atoms with Gasteiger partial charge in [0.05, 0.1) is 0 Å². The van der Waals surface area contributed by atoms with Crippen molar-refractivity contribution in [2.75, 3.05) is 13.7 Å². The number of ether oxygens (including phenoxy) is 1. The number of hydrogen-bond donors (Lipinski definition) is 1. The van der Waals surface area contributed by atoms with Gasteiger partial charge in [-0.1, -0.05) is 54.4 Å². The molecule has 2 amide bonds. The lowest BCUT2D eigenvalue weighted by molar-refractivity contribution is -0.142. The Kier molecular flexibility index (Phi) is 8.15. The molecule has 1 N–H and O–H groups in total. The Morgan fingerprint density at radius 2 is 1.75 bits per heavy atom. The predicted molar refractivity (Wildman–Crippen MR) is 112 cm³/mol. The zero-order valence-electron chi connectivity index (χ0n) is 16.2. The average molecular weight is 423 g/mol. The summed E-state index contributed by atoms with van der Waals surface area (Å²) in [5.74, 6) is 0.0455. The number of aryl methyl sites for hydroxylation is 1. The zero-order valence-corrected chi connectivity index (χ0v) is 17.7. The SMILES string of the molecule is CC[C@H](C(=O)NC)N(Cc1c(Cl)cccc1Cl)C(=O)COc1ccccc1C. The number of hydrogen-bond acceptors (Lipinski definition) is 3. The van der Waals surface area contributed by atoms with Gasteiger partial charge in [0.25, 0.3) is 5.91 Å². The van der Waals surface area contributed by atoms with Crippen molar-refractivity contribution < 1.29 is 14.3 Å². The molecule has 0 fully saturated rings. The molecule has 5 nitrogen and oxygen atoms in total. The monoisotopic (exact) mass is 422 g/mol. The Morgan fingerprint density at radius 3 is 2.32 bits per heavy atom. The number of benzene rings is 2. The normalized spacial score (nSPS) is 11.6. The lowest BCUT2D eigenvalue weighted by atomic mass is 10.1. The molecule has 0 bridgehead atoms. The fourth-order valence-electron chi connectivity index (χ4n) is 2.88. The molecule has 150 valence electrons. The quantitative estimate of drug-likeness (QED) is 0.691. The van der Waals surface area contributed by atoms with E-state index in [0.717, 1.165) is 5.56 Å². The number of para-hydroxylation sites is 1. The second-order valence-corrected chi connectivity index (χ2v) is 7.13. The number of likely N-dealkylation sites (N-methyl/N-ethyl adjacent to an activating group) is 1. The van der Waals surface area contributed by atoms with Crippen LogP contribution in [0, 0.1) is 6.92 Å². The average Bonchev–Trinajstić information content (AvgIpc) is 2.68. The van der Waals surface area contributed by atoms with E-state index in [9.17, 15) is 9.59 Å². The number of halogens is 2. The molecule has 2 aromatic carbocycles. The van der Waals surface area contributed by atoms with Gasteiger partial charge in [-0.15, -0.1) is 0 Å². The van der Waals surface area contributed by atoms with Crippen molar-refractivity contribution in [3.63, 3.8) is 0 Å². The van der Waals surface area contributed by atoms with E-state index in [0.29, 0.717) is 27.8 Å². The Balaban J connectivity index is 2.27. The molecular weight excluding hydrogens is 399 g/mol. The molecule has 0 aliphatic carbocycles. The van der Waals surface area contributed by atoms with Crippen LogP contribution in [-0.2, 0) is 16.1 Å². The molecule has 0 spiro atoms. The van der Waals surface area contributed by atoms with Crippen LogP contribution < -0.4 is 10.1 Å². The molecule has 0 aromatic heterocycles. The largest absolute Gasteiger partial charge is 0.484 e. The Bertz CT molecular complexity index is 822. The molecule has 7 heteroatoms. The van der Waals surface area contributed by atoms with Crippen LogP contribution in [0.2, 0.25) is 10.0 Å². The first-order chi connectivity index (χ1) is 13.4. The topological polar surface area (TPSA) is 58.6 Å². The van der Waals surface area contributed by atoms with Gasteiger partial charge in [-0.3, -0.25) is 9.59 Å². The minimum absolute atomic E-state index is 0.112. The highest BCUT2D eigenvalue weighted by molar-refractivity contribution is 6.36. The van der Waals surface area contributed by atoms with E-state index in [1.54, 1.807) is 31.3 Å². The highest BCUT2D eigenvalue weighted by Gasteiger charge is 2.29. The van der Waals surface area contributed by atoms with Gasteiger partial charge >= 0.3 is 0 Å². The van der Waals surface area contributed by atoms with Crippen LogP contribution >= 0.6 is 23.2 Å². The van der Waals surface area contributed by atoms with Crippen LogP contribution in [0.25, 0.3) is 0 Å². The number of amides is 2. The van der Waals surface area contributed by atoms with Crippen molar-refractivity contribution in [1.82, 2.24) is 10.2 Å². The van der Waals surface area contributed by atoms with Gasteiger partial charge in [0.2, 0.25) is 5.91 Å². The van der Waals surface area contributed by atoms with Gasteiger partial charge < -0.3 is 15.0 Å². The molecule has 0 unspecified atom stereocenters. The van der Waals surface area contributed by atoms with Crippen LogP contribution in [-0.4, -0.2) is 36.4 Å². The van der Waals surface area contributed by atoms with Crippen LogP contribution in [0.5, 0.6) is 5.75 Å². The van der Waals surface area contributed by atoms with Gasteiger partial charge in [-0.05, 0) is 37.1 Å². The molecule has 0 aliphatic heterocycles. The van der Waals surface area contributed by atoms with E-state index < -0.39 is 6.04 Å². The summed E-state index contributed by atoms with van der Waals surface area (Å²) in [6.07, 6.45) is 0.442. The fraction of sp³-hybridized carbons (Fsp3) is 0.333. The van der Waals surface area contributed by atoms with Gasteiger partial charge in [-0.25, -0.2) is 0 Å². The lowest BCUT2D eigenvalue weighted by Crippen LogP contribution is -2.49. The summed E-state index contributed by atoms with van der Waals surface area (Å²) in [4.78, 5) is 26.8. The van der Waals surface area contributed by atoms with E-state index >= 15 is 0 Å². The standard InChI is InChI=1S/C21H24Cl2N2O3/c1-4-18(21(27)24-3)25(12-15-16(22)9-7-10-17(15)23)20(26)13-28-19-11-6-5-8-14(19)2/h5-11,18H,4,12-13H2,1-3H3,(H,24,27)/t18-/m1/s1. The highest BCUT2D eigenvalue weighted by atomic mass is 35.5. The molecule has 28 heavy (non-hydrogen) atoms. The summed E-state index contributed by atoms with van der Waals surface area (Å²) in [5.41, 5.74) is 1.52. The molecule has 0 radical (unpaired) electrons. The number of carbonyl (C=O) groups is 2. The first-order valence-electron chi connectivity index (χ1n) is 9.01. The minimum Gasteiger partial charge on any atom is -0.484 e. The fourth-order valence-corrected chi connectivity index (χ4v) is 3.40. The number of carbonyl (C=O) groups excluding carboxylic acids is 2. The minimum atomic E-state index is -0.662. The van der Waals surface area contributed by atoms with E-state index in [1.165, 1.54) is 4.90 Å². The number of rotatable bonds is 8. The van der Waals surface area contributed by atoms with Crippen LogP contribution in [0.4, 0.5) is 0 Å². The predicted octanol–water partition coefficient (Wildman–Crippen LogP) is 4.23. The summed E-state index contributed by atoms with van der Waals surface area (Å²) in [5, 5.41) is 3.49. The Morgan fingerprint density at radius 1 is 1.11 bits per heavy atom. The van der Waals surface area contributed by atoms with Crippen LogP contribution in [0.15, 0.2) is 42.5 Å². The Hall–Kier alpha value is -2.24. The van der Waals surface area contributed by atoms with E-state index in [2.05, 4.69) is 5.32 Å². The van der Waals surface area contributed by atoms with Crippen molar-refractivity contribution in [3.05, 3.63) is 63.6 Å². The molecule has 1 atom stereocenters. The third-order valence-electron chi connectivity index (χ3n) is 4.47. The van der Waals surface area contributed by atoms with Crippen molar-refractivity contribution in [1.29, 1.82) is 0 Å². The molecule has 0 saturated carbocycles. The van der Waals surface area contributed by atoms with Gasteiger partial charge in [0.15, 0.2) is 6.61 Å². The maximum absolute atomic E-state index is 13.0. The summed E-state index contributed by atoms with van der Waals surface area (Å²) in [6, 6.07) is 11.9. The smallest absolute Gasteiger partial charge is 0.261 e. The molecular formula is C21H24Cl2N2O3. The van der Waals surface area contributed by atoms with Crippen molar-refractivity contribution >= 4 is 35.0 Å². The zero-order chi connectivity index (χ0) is 20.7. The van der Waals surface area contributed by atoms with E-state index in [1.807, 2.05) is 32.0 Å². The lowest BCUT2D eigenvalue weighted by Gasteiger charge is -2.30. The second-order valence-electron chi connectivity index (χ2n) is 6.31. The van der Waals surface area contributed by atoms with E-state index in [4.69, 9.17) is 27.9 Å². The molecule has 2 aromatic rings. The third kappa shape index (κ3) is 5.40. The van der Waals surface area contributed by atoms with Gasteiger partial charge in [0.1, 0.15) is 11.8 Å². The highest BCUT2D eigenvalue weighted by Crippen LogP contribution is 2.27. The summed E-state index contributed by atoms with van der Waals surface area (Å²) < 4.78 is 5.70. The van der Waals surface area contributed by atoms with Crippen LogP contribution in [0.3, 0.4) is 0 Å². The molecule has 0 aliphatic rings. The van der Waals surface area contributed by atoms with Gasteiger partial charge in [-0.2, -0.15) is 0 Å². The molecule has 2 rings (SSSR count).